The summed E-state index contributed by atoms with van der Waals surface area (Å²) in [5, 5.41) is -0.316. The molecule has 0 bridgehead atoms. The van der Waals surface area contributed by atoms with Crippen LogP contribution in [0.15, 0.2) is 0 Å². The Balaban J connectivity index is 2.03. The first kappa shape index (κ1) is 10.7. The van der Waals surface area contributed by atoms with Crippen molar-refractivity contribution in [2.75, 3.05) is 13.2 Å². The average Bonchev–Trinajstić information content (AvgIpc) is 2.16. The zero-order chi connectivity index (χ0) is 10.2. The van der Waals surface area contributed by atoms with Crippen molar-refractivity contribution in [3.05, 3.63) is 0 Å². The summed E-state index contributed by atoms with van der Waals surface area (Å²) in [6.07, 6.45) is 3.38. The first-order valence-electron chi connectivity index (χ1n) is 5.08. The first-order chi connectivity index (χ1) is 6.57. The summed E-state index contributed by atoms with van der Waals surface area (Å²) in [6, 6.07) is 0. The Morgan fingerprint density at radius 2 is 1.93 bits per heavy atom. The van der Waals surface area contributed by atoms with Crippen LogP contribution in [0, 0.1) is 11.8 Å². The fraction of sp³-hybridized carbons (Fsp3) is 1.00. The molecule has 14 heavy (non-hydrogen) atoms. The van der Waals surface area contributed by atoms with E-state index in [1.54, 1.807) is 0 Å². The van der Waals surface area contributed by atoms with Crippen LogP contribution in [0.25, 0.3) is 0 Å². The maximum atomic E-state index is 11.2. The molecule has 2 rings (SSSR count). The molecule has 5 heteroatoms. The highest BCUT2D eigenvalue weighted by Crippen LogP contribution is 2.38. The molecule has 2 aliphatic rings. The van der Waals surface area contributed by atoms with Gasteiger partial charge in [0.25, 0.3) is 0 Å². The van der Waals surface area contributed by atoms with E-state index in [0.717, 1.165) is 32.5 Å². The number of rotatable bonds is 1. The fourth-order valence-electron chi connectivity index (χ4n) is 2.58. The molecule has 0 aromatic heterocycles. The number of hydrogen-bond acceptors (Lipinski definition) is 3. The van der Waals surface area contributed by atoms with E-state index in [9.17, 15) is 8.42 Å². The van der Waals surface area contributed by atoms with Gasteiger partial charge in [-0.25, -0.2) is 8.42 Å². The van der Waals surface area contributed by atoms with Gasteiger partial charge in [0.1, 0.15) is 0 Å². The third-order valence-corrected chi connectivity index (χ3v) is 5.44. The number of ether oxygens (including phenoxy) is 1. The van der Waals surface area contributed by atoms with Crippen LogP contribution < -0.4 is 0 Å². The third kappa shape index (κ3) is 2.23. The second kappa shape index (κ2) is 3.99. The minimum atomic E-state index is -3.35. The van der Waals surface area contributed by atoms with Crippen LogP contribution in [0.1, 0.15) is 25.7 Å². The molecule has 1 heterocycles. The molecule has 3 nitrogen and oxygen atoms in total. The molecule has 0 radical (unpaired) electrons. The topological polar surface area (TPSA) is 43.4 Å². The quantitative estimate of drug-likeness (QED) is 0.654. The lowest BCUT2D eigenvalue weighted by Gasteiger charge is -2.37. The van der Waals surface area contributed by atoms with Crippen LogP contribution in [0.3, 0.4) is 0 Å². The van der Waals surface area contributed by atoms with E-state index >= 15 is 0 Å². The largest absolute Gasteiger partial charge is 0.381 e. The van der Waals surface area contributed by atoms with Crippen molar-refractivity contribution in [3.8, 4) is 0 Å². The van der Waals surface area contributed by atoms with Gasteiger partial charge in [0.05, 0.1) is 5.25 Å². The maximum Gasteiger partial charge on any atom is 0.235 e. The summed E-state index contributed by atoms with van der Waals surface area (Å²) in [5.41, 5.74) is 0. The molecule has 3 unspecified atom stereocenters. The lowest BCUT2D eigenvalue weighted by molar-refractivity contribution is -0.000623. The molecule has 0 amide bonds. The highest BCUT2D eigenvalue weighted by Gasteiger charge is 2.37. The summed E-state index contributed by atoms with van der Waals surface area (Å²) < 4.78 is 27.8. The predicted octanol–water partition coefficient (Wildman–Crippen LogP) is 1.76. The summed E-state index contributed by atoms with van der Waals surface area (Å²) >= 11 is 0. The summed E-state index contributed by atoms with van der Waals surface area (Å²) in [4.78, 5) is 0. The second-order valence-electron chi connectivity index (χ2n) is 4.29. The Morgan fingerprint density at radius 1 is 1.14 bits per heavy atom. The van der Waals surface area contributed by atoms with Gasteiger partial charge in [-0.15, -0.1) is 0 Å². The van der Waals surface area contributed by atoms with E-state index in [4.69, 9.17) is 15.4 Å². The predicted molar refractivity (Wildman–Crippen MR) is 54.8 cm³/mol. The molecule has 3 atom stereocenters. The molecule has 0 spiro atoms. The lowest BCUT2D eigenvalue weighted by atomic mass is 9.77. The number of halogens is 1. The zero-order valence-electron chi connectivity index (χ0n) is 7.99. The number of hydrogen-bond donors (Lipinski definition) is 0. The van der Waals surface area contributed by atoms with Gasteiger partial charge in [-0.05, 0) is 37.5 Å². The lowest BCUT2D eigenvalue weighted by Crippen LogP contribution is -2.36. The van der Waals surface area contributed by atoms with Crippen molar-refractivity contribution in [2.24, 2.45) is 11.8 Å². The molecule has 2 fully saturated rings. The second-order valence-corrected chi connectivity index (χ2v) is 7.20. The van der Waals surface area contributed by atoms with Gasteiger partial charge in [-0.2, -0.15) is 0 Å². The van der Waals surface area contributed by atoms with Crippen molar-refractivity contribution in [2.45, 2.75) is 30.9 Å². The smallest absolute Gasteiger partial charge is 0.235 e. The Kier molecular flexibility index (Phi) is 3.05. The van der Waals surface area contributed by atoms with Crippen molar-refractivity contribution in [1.29, 1.82) is 0 Å². The zero-order valence-corrected chi connectivity index (χ0v) is 9.56. The first-order valence-corrected chi connectivity index (χ1v) is 7.46. The monoisotopic (exact) mass is 238 g/mol. The summed E-state index contributed by atoms with van der Waals surface area (Å²) in [7, 11) is 2.04. The Hall–Kier alpha value is 0.200. The molecule has 0 aromatic carbocycles. The molecular weight excluding hydrogens is 224 g/mol. The molecule has 0 aromatic rings. The van der Waals surface area contributed by atoms with Crippen molar-refractivity contribution < 1.29 is 13.2 Å². The third-order valence-electron chi connectivity index (χ3n) is 3.45. The standard InChI is InChI=1S/C9H15ClO3S/c10-14(11,12)9-2-1-8-6-13-4-3-7(8)5-9/h7-9H,1-6H2. The number of fused-ring (bicyclic) bond motifs is 1. The fourth-order valence-corrected chi connectivity index (χ4v) is 3.96. The van der Waals surface area contributed by atoms with Crippen LogP contribution in [0.4, 0.5) is 0 Å². The van der Waals surface area contributed by atoms with Crippen LogP contribution >= 0.6 is 10.7 Å². The van der Waals surface area contributed by atoms with E-state index < -0.39 is 9.05 Å². The molecule has 0 N–H and O–H groups in total. The van der Waals surface area contributed by atoms with E-state index in [1.165, 1.54) is 0 Å². The van der Waals surface area contributed by atoms with Gasteiger partial charge in [-0.1, -0.05) is 0 Å². The van der Waals surface area contributed by atoms with Crippen LogP contribution in [-0.4, -0.2) is 26.9 Å². The minimum absolute atomic E-state index is 0.316. The molecule has 1 aliphatic carbocycles. The summed E-state index contributed by atoms with van der Waals surface area (Å²) in [6.45, 7) is 1.58. The maximum absolute atomic E-state index is 11.2. The molecule has 1 saturated carbocycles. The minimum Gasteiger partial charge on any atom is -0.381 e. The van der Waals surface area contributed by atoms with Gasteiger partial charge in [0.2, 0.25) is 9.05 Å². The highest BCUT2D eigenvalue weighted by molar-refractivity contribution is 8.14. The van der Waals surface area contributed by atoms with Crippen LogP contribution in [-0.2, 0) is 13.8 Å². The van der Waals surface area contributed by atoms with E-state index in [-0.39, 0.29) is 5.25 Å². The molecule has 1 aliphatic heterocycles. The normalized spacial score (nSPS) is 39.1. The van der Waals surface area contributed by atoms with E-state index in [0.29, 0.717) is 18.3 Å². The van der Waals surface area contributed by atoms with Gasteiger partial charge >= 0.3 is 0 Å². The Labute approximate surface area is 89.2 Å². The van der Waals surface area contributed by atoms with E-state index in [2.05, 4.69) is 0 Å². The summed E-state index contributed by atoms with van der Waals surface area (Å²) in [5.74, 6) is 1.08. The van der Waals surface area contributed by atoms with Gasteiger partial charge < -0.3 is 4.74 Å². The van der Waals surface area contributed by atoms with Crippen molar-refractivity contribution in [1.82, 2.24) is 0 Å². The van der Waals surface area contributed by atoms with Crippen LogP contribution in [0.5, 0.6) is 0 Å². The van der Waals surface area contributed by atoms with E-state index in [1.807, 2.05) is 0 Å². The molecule has 1 saturated heterocycles. The molecular formula is C9H15ClO3S. The van der Waals surface area contributed by atoms with Gasteiger partial charge in [0, 0.05) is 23.9 Å². The van der Waals surface area contributed by atoms with Crippen LogP contribution in [0.2, 0.25) is 0 Å². The SMILES string of the molecule is O=S(=O)(Cl)C1CCC2COCCC2C1. The average molecular weight is 239 g/mol. The van der Waals surface area contributed by atoms with Crippen molar-refractivity contribution in [3.63, 3.8) is 0 Å². The highest BCUT2D eigenvalue weighted by atomic mass is 35.7. The van der Waals surface area contributed by atoms with Crippen molar-refractivity contribution >= 4 is 19.7 Å². The molecule has 82 valence electrons. The Bertz CT molecular complexity index is 301. The Morgan fingerprint density at radius 3 is 2.64 bits per heavy atom. The van der Waals surface area contributed by atoms with Gasteiger partial charge in [-0.3, -0.25) is 0 Å². The van der Waals surface area contributed by atoms with Gasteiger partial charge in [0.15, 0.2) is 0 Å².